The first-order valence-corrected chi connectivity index (χ1v) is 10.4. The Balaban J connectivity index is 1.39. The van der Waals surface area contributed by atoms with Crippen LogP contribution in [0.1, 0.15) is 0 Å². The topological polar surface area (TPSA) is 60.3 Å². The molecule has 0 bridgehead atoms. The molecule has 1 heterocycles. The number of nitrogens with one attached hydrogen (secondary N) is 1. The maximum atomic E-state index is 12.4. The summed E-state index contributed by atoms with van der Waals surface area (Å²) < 4.78 is 7.37. The molecule has 1 amide bonds. The lowest BCUT2D eigenvalue weighted by Crippen LogP contribution is -2.17. The van der Waals surface area contributed by atoms with Gasteiger partial charge in [-0.1, -0.05) is 36.4 Å². The fourth-order valence-corrected chi connectivity index (χ4v) is 3.94. The summed E-state index contributed by atoms with van der Waals surface area (Å²) in [7, 11) is 1.75. The summed E-state index contributed by atoms with van der Waals surface area (Å²) >= 11 is 1.36. The van der Waals surface area contributed by atoms with Crippen LogP contribution in [0, 0.1) is 0 Å². The predicted octanol–water partition coefficient (Wildman–Crippen LogP) is 5.06. The monoisotopic (exact) mass is 416 g/mol. The number of rotatable bonds is 6. The highest BCUT2D eigenvalue weighted by molar-refractivity contribution is 8.00. The number of ether oxygens (including phenoxy) is 1. The zero-order valence-corrected chi connectivity index (χ0v) is 17.2. The minimum atomic E-state index is -0.138. The third kappa shape index (κ3) is 4.55. The van der Waals surface area contributed by atoms with E-state index in [1.54, 1.807) is 29.8 Å². The Labute approximate surface area is 178 Å². The molecule has 0 radical (unpaired) electrons. The third-order valence-corrected chi connectivity index (χ3v) is 5.65. The van der Waals surface area contributed by atoms with Crippen LogP contribution < -0.4 is 15.6 Å². The lowest BCUT2D eigenvalue weighted by atomic mass is 10.2. The van der Waals surface area contributed by atoms with Crippen molar-refractivity contribution in [1.82, 2.24) is 4.57 Å². The van der Waals surface area contributed by atoms with E-state index in [9.17, 15) is 9.59 Å². The second kappa shape index (κ2) is 8.88. The second-order valence-corrected chi connectivity index (χ2v) is 7.72. The second-order valence-electron chi connectivity index (χ2n) is 6.70. The number of amides is 1. The first-order chi connectivity index (χ1) is 14.6. The van der Waals surface area contributed by atoms with Crippen LogP contribution in [0.2, 0.25) is 0 Å². The van der Waals surface area contributed by atoms with Gasteiger partial charge in [-0.05, 0) is 42.5 Å². The predicted molar refractivity (Wildman–Crippen MR) is 122 cm³/mol. The van der Waals surface area contributed by atoms with Crippen LogP contribution in [0.3, 0.4) is 0 Å². The Hall–Kier alpha value is -3.51. The minimum Gasteiger partial charge on any atom is -0.457 e. The summed E-state index contributed by atoms with van der Waals surface area (Å²) in [6.07, 6.45) is 0. The SMILES string of the molecule is Cn1c(=O)cc(SCC(=O)Nc2ccc(Oc3ccccc3)cc2)c2ccccc21. The van der Waals surface area contributed by atoms with Crippen molar-refractivity contribution in [1.29, 1.82) is 0 Å². The molecule has 0 saturated heterocycles. The van der Waals surface area contributed by atoms with E-state index in [1.165, 1.54) is 11.8 Å². The van der Waals surface area contributed by atoms with Crippen LogP contribution in [0.15, 0.2) is 94.6 Å². The van der Waals surface area contributed by atoms with Crippen molar-refractivity contribution in [3.8, 4) is 11.5 Å². The van der Waals surface area contributed by atoms with Gasteiger partial charge in [-0.25, -0.2) is 0 Å². The highest BCUT2D eigenvalue weighted by Gasteiger charge is 2.10. The molecule has 0 aliphatic rings. The number of thioether (sulfide) groups is 1. The van der Waals surface area contributed by atoms with Gasteiger partial charge in [-0.15, -0.1) is 11.8 Å². The van der Waals surface area contributed by atoms with E-state index in [2.05, 4.69) is 5.32 Å². The van der Waals surface area contributed by atoms with Gasteiger partial charge in [0.05, 0.1) is 11.3 Å². The van der Waals surface area contributed by atoms with E-state index in [4.69, 9.17) is 4.74 Å². The first kappa shape index (κ1) is 19.8. The number of carbonyl (C=O) groups excluding carboxylic acids is 1. The first-order valence-electron chi connectivity index (χ1n) is 9.44. The van der Waals surface area contributed by atoms with Gasteiger partial charge in [0, 0.05) is 29.1 Å². The molecule has 4 rings (SSSR count). The summed E-state index contributed by atoms with van der Waals surface area (Å²) in [5, 5.41) is 3.84. The van der Waals surface area contributed by atoms with Gasteiger partial charge < -0.3 is 14.6 Å². The number of fused-ring (bicyclic) bond motifs is 1. The molecule has 4 aromatic rings. The zero-order chi connectivity index (χ0) is 20.9. The number of aromatic nitrogens is 1. The summed E-state index contributed by atoms with van der Waals surface area (Å²) in [6, 6.07) is 26.0. The summed E-state index contributed by atoms with van der Waals surface area (Å²) in [4.78, 5) is 25.4. The Kier molecular flexibility index (Phi) is 5.86. The standard InChI is InChI=1S/C24H20N2O3S/c1-26-21-10-6-5-9-20(21)22(15-24(26)28)30-16-23(27)25-17-11-13-19(14-12-17)29-18-7-3-2-4-8-18/h2-15H,16H2,1H3,(H,25,27). The fourth-order valence-electron chi connectivity index (χ4n) is 3.07. The van der Waals surface area contributed by atoms with E-state index in [0.29, 0.717) is 11.4 Å². The molecular formula is C24H20N2O3S. The van der Waals surface area contributed by atoms with Crippen molar-refractivity contribution >= 4 is 34.3 Å². The smallest absolute Gasteiger partial charge is 0.251 e. The molecule has 0 spiro atoms. The summed E-state index contributed by atoms with van der Waals surface area (Å²) in [5.74, 6) is 1.52. The van der Waals surface area contributed by atoms with E-state index in [1.807, 2.05) is 66.7 Å². The van der Waals surface area contributed by atoms with Crippen molar-refractivity contribution in [3.05, 3.63) is 95.3 Å². The highest BCUT2D eigenvalue weighted by atomic mass is 32.2. The molecule has 0 unspecified atom stereocenters. The van der Waals surface area contributed by atoms with Gasteiger partial charge in [-0.2, -0.15) is 0 Å². The Morgan fingerprint density at radius 2 is 1.60 bits per heavy atom. The molecule has 0 saturated carbocycles. The molecule has 6 heteroatoms. The lowest BCUT2D eigenvalue weighted by Gasteiger charge is -2.10. The van der Waals surface area contributed by atoms with Crippen LogP contribution in [0.4, 0.5) is 5.69 Å². The average Bonchev–Trinajstić information content (AvgIpc) is 2.77. The normalized spacial score (nSPS) is 10.7. The van der Waals surface area contributed by atoms with Gasteiger partial charge >= 0.3 is 0 Å². The van der Waals surface area contributed by atoms with E-state index in [-0.39, 0.29) is 17.2 Å². The Bertz CT molecular complexity index is 1240. The van der Waals surface area contributed by atoms with Crippen LogP contribution >= 0.6 is 11.8 Å². The molecular weight excluding hydrogens is 396 g/mol. The van der Waals surface area contributed by atoms with Gasteiger partial charge in [-0.3, -0.25) is 9.59 Å². The van der Waals surface area contributed by atoms with Crippen LogP contribution in [-0.4, -0.2) is 16.2 Å². The molecule has 0 aliphatic heterocycles. The number of hydrogen-bond donors (Lipinski definition) is 1. The summed E-state index contributed by atoms with van der Waals surface area (Å²) in [6.45, 7) is 0. The molecule has 0 aliphatic carbocycles. The number of carbonyl (C=O) groups is 1. The number of nitrogens with zero attached hydrogens (tertiary/aromatic N) is 1. The van der Waals surface area contributed by atoms with E-state index < -0.39 is 0 Å². The van der Waals surface area contributed by atoms with Gasteiger partial charge in [0.25, 0.3) is 5.56 Å². The molecule has 0 fully saturated rings. The lowest BCUT2D eigenvalue weighted by molar-refractivity contribution is -0.113. The highest BCUT2D eigenvalue weighted by Crippen LogP contribution is 2.27. The van der Waals surface area contributed by atoms with Crippen molar-refractivity contribution in [2.45, 2.75) is 4.90 Å². The molecule has 1 N–H and O–H groups in total. The Morgan fingerprint density at radius 1 is 0.933 bits per heavy atom. The van der Waals surface area contributed by atoms with Gasteiger partial charge in [0.1, 0.15) is 11.5 Å². The van der Waals surface area contributed by atoms with Crippen molar-refractivity contribution < 1.29 is 9.53 Å². The number of para-hydroxylation sites is 2. The van der Waals surface area contributed by atoms with Crippen LogP contribution in [0.25, 0.3) is 10.9 Å². The largest absolute Gasteiger partial charge is 0.457 e. The maximum absolute atomic E-state index is 12.4. The van der Waals surface area contributed by atoms with Crippen molar-refractivity contribution in [2.24, 2.45) is 7.05 Å². The summed E-state index contributed by atoms with van der Waals surface area (Å²) in [5.41, 5.74) is 1.45. The molecule has 1 aromatic heterocycles. The molecule has 150 valence electrons. The molecule has 30 heavy (non-hydrogen) atoms. The van der Waals surface area contributed by atoms with Crippen LogP contribution in [-0.2, 0) is 11.8 Å². The number of anilines is 1. The molecule has 0 atom stereocenters. The van der Waals surface area contributed by atoms with E-state index >= 15 is 0 Å². The quantitative estimate of drug-likeness (QED) is 0.446. The van der Waals surface area contributed by atoms with E-state index in [0.717, 1.165) is 21.5 Å². The van der Waals surface area contributed by atoms with Crippen molar-refractivity contribution in [2.75, 3.05) is 11.1 Å². The number of aryl methyl sites for hydroxylation is 1. The Morgan fingerprint density at radius 3 is 2.37 bits per heavy atom. The third-order valence-electron chi connectivity index (χ3n) is 4.59. The van der Waals surface area contributed by atoms with Crippen LogP contribution in [0.5, 0.6) is 11.5 Å². The van der Waals surface area contributed by atoms with Gasteiger partial charge in [0.15, 0.2) is 0 Å². The fraction of sp³-hybridized carbons (Fsp3) is 0.0833. The molecule has 3 aromatic carbocycles. The van der Waals surface area contributed by atoms with Gasteiger partial charge in [0.2, 0.25) is 5.91 Å². The zero-order valence-electron chi connectivity index (χ0n) is 16.4. The average molecular weight is 417 g/mol. The minimum absolute atomic E-state index is 0.0920. The number of benzene rings is 3. The number of pyridine rings is 1. The van der Waals surface area contributed by atoms with Crippen molar-refractivity contribution in [3.63, 3.8) is 0 Å². The molecule has 5 nitrogen and oxygen atoms in total. The maximum Gasteiger partial charge on any atom is 0.251 e. The number of hydrogen-bond acceptors (Lipinski definition) is 4.